The molecule has 21 heavy (non-hydrogen) atoms. The first-order chi connectivity index (χ1) is 10.1. The summed E-state index contributed by atoms with van der Waals surface area (Å²) in [5.41, 5.74) is 0.917. The molecule has 1 aliphatic rings. The maximum absolute atomic E-state index is 11.6. The van der Waals surface area contributed by atoms with Gasteiger partial charge in [-0.15, -0.1) is 0 Å². The fourth-order valence-corrected chi connectivity index (χ4v) is 2.38. The van der Waals surface area contributed by atoms with E-state index in [2.05, 4.69) is 20.6 Å². The van der Waals surface area contributed by atoms with Gasteiger partial charge in [-0.3, -0.25) is 0 Å². The molecule has 1 aromatic heterocycles. The van der Waals surface area contributed by atoms with Crippen LogP contribution in [0.5, 0.6) is 0 Å². The number of anilines is 2. The number of aryl methyl sites for hydroxylation is 1. The van der Waals surface area contributed by atoms with E-state index < -0.39 is 0 Å². The van der Waals surface area contributed by atoms with Gasteiger partial charge in [0, 0.05) is 37.9 Å². The van der Waals surface area contributed by atoms with E-state index in [0.717, 1.165) is 24.4 Å². The maximum atomic E-state index is 11.6. The van der Waals surface area contributed by atoms with E-state index in [0.29, 0.717) is 31.7 Å². The highest BCUT2D eigenvalue weighted by Crippen LogP contribution is 2.17. The highest BCUT2D eigenvalue weighted by molar-refractivity contribution is 5.67. The summed E-state index contributed by atoms with van der Waals surface area (Å²) in [6.45, 7) is 5.60. The Hall–Kier alpha value is -2.05. The molecule has 1 saturated heterocycles. The van der Waals surface area contributed by atoms with E-state index in [1.54, 1.807) is 11.9 Å². The first-order valence-corrected chi connectivity index (χ1v) is 7.34. The molecule has 7 heteroatoms. The molecule has 0 saturated carbocycles. The lowest BCUT2D eigenvalue weighted by Crippen LogP contribution is -2.42. The number of nitrogens with zero attached hydrogens (tertiary/aromatic N) is 3. The van der Waals surface area contributed by atoms with Gasteiger partial charge in [-0.1, -0.05) is 0 Å². The van der Waals surface area contributed by atoms with Crippen LogP contribution in [0.2, 0.25) is 0 Å². The smallest absolute Gasteiger partial charge is 0.409 e. The van der Waals surface area contributed by atoms with Crippen molar-refractivity contribution in [1.29, 1.82) is 0 Å². The van der Waals surface area contributed by atoms with Crippen molar-refractivity contribution in [3.8, 4) is 0 Å². The molecule has 1 aromatic rings. The van der Waals surface area contributed by atoms with Gasteiger partial charge in [0.25, 0.3) is 0 Å². The van der Waals surface area contributed by atoms with Crippen molar-refractivity contribution in [3.63, 3.8) is 0 Å². The van der Waals surface area contributed by atoms with Crippen molar-refractivity contribution in [2.75, 3.05) is 37.4 Å². The Morgan fingerprint density at radius 2 is 2.14 bits per heavy atom. The van der Waals surface area contributed by atoms with Gasteiger partial charge in [0.15, 0.2) is 0 Å². The zero-order chi connectivity index (χ0) is 15.2. The molecule has 2 rings (SSSR count). The molecule has 0 aliphatic carbocycles. The molecule has 2 N–H and O–H groups in total. The van der Waals surface area contributed by atoms with E-state index in [-0.39, 0.29) is 6.09 Å². The van der Waals surface area contributed by atoms with Gasteiger partial charge >= 0.3 is 6.09 Å². The van der Waals surface area contributed by atoms with E-state index >= 15 is 0 Å². The quantitative estimate of drug-likeness (QED) is 0.882. The number of carbonyl (C=O) groups excluding carboxylic acids is 1. The molecule has 7 nitrogen and oxygen atoms in total. The number of hydrogen-bond donors (Lipinski definition) is 2. The summed E-state index contributed by atoms with van der Waals surface area (Å²) < 4.78 is 5.02. The normalized spacial score (nSPS) is 15.7. The van der Waals surface area contributed by atoms with Crippen LogP contribution in [0.4, 0.5) is 16.6 Å². The van der Waals surface area contributed by atoms with Crippen LogP contribution in [-0.2, 0) is 4.74 Å². The topological polar surface area (TPSA) is 79.4 Å². The van der Waals surface area contributed by atoms with E-state index in [1.807, 2.05) is 19.9 Å². The molecule has 0 atom stereocenters. The van der Waals surface area contributed by atoms with Crippen LogP contribution in [0.25, 0.3) is 0 Å². The Labute approximate surface area is 125 Å². The van der Waals surface area contributed by atoms with Crippen molar-refractivity contribution in [2.45, 2.75) is 32.7 Å². The minimum Gasteiger partial charge on any atom is -0.450 e. The Kier molecular flexibility index (Phi) is 5.19. The number of likely N-dealkylation sites (tertiary alicyclic amines) is 1. The predicted octanol–water partition coefficient (Wildman–Crippen LogP) is 1.86. The molecule has 1 aliphatic heterocycles. The van der Waals surface area contributed by atoms with Gasteiger partial charge in [-0.25, -0.2) is 9.78 Å². The number of hydrogen-bond acceptors (Lipinski definition) is 6. The third-order valence-electron chi connectivity index (χ3n) is 3.45. The van der Waals surface area contributed by atoms with E-state index in [9.17, 15) is 4.79 Å². The first-order valence-electron chi connectivity index (χ1n) is 7.34. The molecule has 0 aromatic carbocycles. The van der Waals surface area contributed by atoms with E-state index in [4.69, 9.17) is 4.74 Å². The molecule has 0 bridgehead atoms. The van der Waals surface area contributed by atoms with Crippen LogP contribution < -0.4 is 10.6 Å². The Bertz CT molecular complexity index is 486. The van der Waals surface area contributed by atoms with Crippen molar-refractivity contribution in [1.82, 2.24) is 14.9 Å². The fourth-order valence-electron chi connectivity index (χ4n) is 2.38. The summed E-state index contributed by atoms with van der Waals surface area (Å²) >= 11 is 0. The first kappa shape index (κ1) is 15.3. The molecule has 2 heterocycles. The van der Waals surface area contributed by atoms with Crippen LogP contribution in [0, 0.1) is 6.92 Å². The Balaban J connectivity index is 1.89. The minimum atomic E-state index is -0.216. The van der Waals surface area contributed by atoms with Gasteiger partial charge < -0.3 is 20.3 Å². The summed E-state index contributed by atoms with van der Waals surface area (Å²) in [6, 6.07) is 2.24. The largest absolute Gasteiger partial charge is 0.450 e. The number of nitrogens with one attached hydrogen (secondary N) is 2. The average molecular weight is 293 g/mol. The second kappa shape index (κ2) is 7.10. The number of amides is 1. The standard InChI is InChI=1S/C14H23N5O2/c1-4-21-14(20)19-7-5-11(6-8-19)17-12-9-10(2)16-13(15-3)18-12/h9,11H,4-8H2,1-3H3,(H2,15,16,17,18). The average Bonchev–Trinajstić information content (AvgIpc) is 2.47. The lowest BCUT2D eigenvalue weighted by atomic mass is 10.1. The van der Waals surface area contributed by atoms with Gasteiger partial charge in [0.2, 0.25) is 5.95 Å². The lowest BCUT2D eigenvalue weighted by molar-refractivity contribution is 0.0983. The highest BCUT2D eigenvalue weighted by Gasteiger charge is 2.23. The third kappa shape index (κ3) is 4.21. The second-order valence-electron chi connectivity index (χ2n) is 5.07. The monoisotopic (exact) mass is 293 g/mol. The van der Waals surface area contributed by atoms with Gasteiger partial charge in [-0.05, 0) is 26.7 Å². The summed E-state index contributed by atoms with van der Waals surface area (Å²) in [5.74, 6) is 1.43. The highest BCUT2D eigenvalue weighted by atomic mass is 16.6. The Morgan fingerprint density at radius 1 is 1.43 bits per heavy atom. The summed E-state index contributed by atoms with van der Waals surface area (Å²) in [7, 11) is 1.80. The maximum Gasteiger partial charge on any atom is 0.409 e. The van der Waals surface area contributed by atoms with Crippen molar-refractivity contribution >= 4 is 17.9 Å². The fraction of sp³-hybridized carbons (Fsp3) is 0.643. The van der Waals surface area contributed by atoms with Crippen molar-refractivity contribution < 1.29 is 9.53 Å². The minimum absolute atomic E-state index is 0.216. The molecule has 0 radical (unpaired) electrons. The molecular weight excluding hydrogens is 270 g/mol. The number of carbonyl (C=O) groups is 1. The number of ether oxygens (including phenoxy) is 1. The molecule has 0 unspecified atom stereocenters. The van der Waals surface area contributed by atoms with Gasteiger partial charge in [0.05, 0.1) is 6.61 Å². The van der Waals surface area contributed by atoms with Crippen LogP contribution >= 0.6 is 0 Å². The summed E-state index contributed by atoms with van der Waals surface area (Å²) in [6.07, 6.45) is 1.55. The molecule has 1 fully saturated rings. The van der Waals surface area contributed by atoms with Crippen LogP contribution in [0.15, 0.2) is 6.07 Å². The zero-order valence-corrected chi connectivity index (χ0v) is 12.8. The number of piperidine rings is 1. The molecule has 1 amide bonds. The van der Waals surface area contributed by atoms with Crippen LogP contribution in [0.3, 0.4) is 0 Å². The third-order valence-corrected chi connectivity index (χ3v) is 3.45. The SMILES string of the molecule is CCOC(=O)N1CCC(Nc2cc(C)nc(NC)n2)CC1. The number of aromatic nitrogens is 2. The van der Waals surface area contributed by atoms with Crippen molar-refractivity contribution in [2.24, 2.45) is 0 Å². The second-order valence-corrected chi connectivity index (χ2v) is 5.07. The molecule has 116 valence electrons. The molecule has 0 spiro atoms. The molecular formula is C14H23N5O2. The number of rotatable bonds is 4. The van der Waals surface area contributed by atoms with Gasteiger partial charge in [-0.2, -0.15) is 4.98 Å². The van der Waals surface area contributed by atoms with Crippen LogP contribution in [0.1, 0.15) is 25.5 Å². The predicted molar refractivity (Wildman–Crippen MR) is 81.6 cm³/mol. The summed E-state index contributed by atoms with van der Waals surface area (Å²) in [4.78, 5) is 22.1. The Morgan fingerprint density at radius 3 is 2.76 bits per heavy atom. The lowest BCUT2D eigenvalue weighted by Gasteiger charge is -2.31. The van der Waals surface area contributed by atoms with E-state index in [1.165, 1.54) is 0 Å². The van der Waals surface area contributed by atoms with Crippen LogP contribution in [-0.4, -0.2) is 53.7 Å². The van der Waals surface area contributed by atoms with Gasteiger partial charge in [0.1, 0.15) is 5.82 Å². The zero-order valence-electron chi connectivity index (χ0n) is 12.8. The summed E-state index contributed by atoms with van der Waals surface area (Å²) in [5, 5.41) is 6.37. The van der Waals surface area contributed by atoms with Crippen molar-refractivity contribution in [3.05, 3.63) is 11.8 Å².